The standard InChI is InChI=1S/C11H19N3O/c1-12-8-11(4-6-15-9-11)7-10-3-5-14(2)13-10/h3,5,12H,4,6-9H2,1-2H3. The molecule has 1 aromatic rings. The summed E-state index contributed by atoms with van der Waals surface area (Å²) in [4.78, 5) is 0. The lowest BCUT2D eigenvalue weighted by Gasteiger charge is -2.25. The summed E-state index contributed by atoms with van der Waals surface area (Å²) in [6, 6.07) is 2.09. The van der Waals surface area contributed by atoms with Gasteiger partial charge in [0.05, 0.1) is 12.3 Å². The lowest BCUT2D eigenvalue weighted by molar-refractivity contribution is 0.150. The van der Waals surface area contributed by atoms with Gasteiger partial charge >= 0.3 is 0 Å². The minimum Gasteiger partial charge on any atom is -0.381 e. The molecule has 84 valence electrons. The van der Waals surface area contributed by atoms with Crippen molar-refractivity contribution in [2.45, 2.75) is 12.8 Å². The van der Waals surface area contributed by atoms with E-state index in [2.05, 4.69) is 16.5 Å². The zero-order valence-electron chi connectivity index (χ0n) is 9.49. The van der Waals surface area contributed by atoms with Crippen LogP contribution in [0.15, 0.2) is 12.3 Å². The maximum absolute atomic E-state index is 5.52. The van der Waals surface area contributed by atoms with E-state index in [1.807, 2.05) is 25.0 Å². The molecule has 1 aliphatic heterocycles. The Labute approximate surface area is 90.6 Å². The number of nitrogens with zero attached hydrogens (tertiary/aromatic N) is 2. The van der Waals surface area contributed by atoms with Crippen LogP contribution in [0, 0.1) is 5.41 Å². The van der Waals surface area contributed by atoms with Crippen molar-refractivity contribution in [3.05, 3.63) is 18.0 Å². The highest BCUT2D eigenvalue weighted by Gasteiger charge is 2.35. The average Bonchev–Trinajstić information content (AvgIpc) is 2.78. The summed E-state index contributed by atoms with van der Waals surface area (Å²) in [6.07, 6.45) is 4.14. The first-order valence-electron chi connectivity index (χ1n) is 5.45. The molecule has 0 amide bonds. The second kappa shape index (κ2) is 4.33. The first-order chi connectivity index (χ1) is 7.24. The van der Waals surface area contributed by atoms with Crippen LogP contribution in [0.3, 0.4) is 0 Å². The molecule has 2 rings (SSSR count). The van der Waals surface area contributed by atoms with Gasteiger partial charge in [-0.1, -0.05) is 0 Å². The first-order valence-corrected chi connectivity index (χ1v) is 5.45. The quantitative estimate of drug-likeness (QED) is 0.789. The topological polar surface area (TPSA) is 39.1 Å². The van der Waals surface area contributed by atoms with Crippen molar-refractivity contribution < 1.29 is 4.74 Å². The summed E-state index contributed by atoms with van der Waals surface area (Å²) in [5.74, 6) is 0. The second-order valence-corrected chi connectivity index (χ2v) is 4.49. The molecule has 0 saturated carbocycles. The maximum atomic E-state index is 5.52. The van der Waals surface area contributed by atoms with Crippen LogP contribution in [0.25, 0.3) is 0 Å². The fraction of sp³-hybridized carbons (Fsp3) is 0.727. The van der Waals surface area contributed by atoms with Crippen LogP contribution in [-0.2, 0) is 18.2 Å². The van der Waals surface area contributed by atoms with Gasteiger partial charge in [-0.2, -0.15) is 5.10 Å². The summed E-state index contributed by atoms with van der Waals surface area (Å²) < 4.78 is 7.38. The van der Waals surface area contributed by atoms with E-state index in [-0.39, 0.29) is 5.41 Å². The number of hydrogen-bond acceptors (Lipinski definition) is 3. The minimum absolute atomic E-state index is 0.253. The van der Waals surface area contributed by atoms with Crippen molar-refractivity contribution in [3.8, 4) is 0 Å². The number of aromatic nitrogens is 2. The van der Waals surface area contributed by atoms with Crippen molar-refractivity contribution in [2.75, 3.05) is 26.8 Å². The zero-order chi connectivity index (χ0) is 10.7. The molecule has 1 atom stereocenters. The Kier molecular flexibility index (Phi) is 3.07. The van der Waals surface area contributed by atoms with Gasteiger partial charge in [0, 0.05) is 38.2 Å². The average molecular weight is 209 g/mol. The largest absolute Gasteiger partial charge is 0.381 e. The fourth-order valence-corrected chi connectivity index (χ4v) is 2.31. The molecular formula is C11H19N3O. The van der Waals surface area contributed by atoms with E-state index in [4.69, 9.17) is 4.74 Å². The Morgan fingerprint density at radius 2 is 2.53 bits per heavy atom. The van der Waals surface area contributed by atoms with Gasteiger partial charge in [-0.05, 0) is 19.5 Å². The lowest BCUT2D eigenvalue weighted by Crippen LogP contribution is -2.35. The second-order valence-electron chi connectivity index (χ2n) is 4.49. The van der Waals surface area contributed by atoms with Crippen LogP contribution >= 0.6 is 0 Å². The van der Waals surface area contributed by atoms with Gasteiger partial charge in [0.1, 0.15) is 0 Å². The van der Waals surface area contributed by atoms with Gasteiger partial charge in [-0.3, -0.25) is 4.68 Å². The molecule has 4 nitrogen and oxygen atoms in total. The van der Waals surface area contributed by atoms with Crippen LogP contribution in [0.5, 0.6) is 0 Å². The van der Waals surface area contributed by atoms with Crippen molar-refractivity contribution in [1.82, 2.24) is 15.1 Å². The Morgan fingerprint density at radius 3 is 3.07 bits per heavy atom. The lowest BCUT2D eigenvalue weighted by atomic mass is 9.82. The first kappa shape index (κ1) is 10.6. The summed E-state index contributed by atoms with van der Waals surface area (Å²) in [7, 11) is 3.96. The molecule has 0 aliphatic carbocycles. The molecular weight excluding hydrogens is 190 g/mol. The Balaban J connectivity index is 2.06. The molecule has 0 spiro atoms. The smallest absolute Gasteiger partial charge is 0.0631 e. The maximum Gasteiger partial charge on any atom is 0.0631 e. The number of aryl methyl sites for hydroxylation is 1. The zero-order valence-corrected chi connectivity index (χ0v) is 9.49. The highest BCUT2D eigenvalue weighted by atomic mass is 16.5. The van der Waals surface area contributed by atoms with Crippen LogP contribution in [0.4, 0.5) is 0 Å². The van der Waals surface area contributed by atoms with Crippen LogP contribution in [0.2, 0.25) is 0 Å². The van der Waals surface area contributed by atoms with E-state index in [9.17, 15) is 0 Å². The fourth-order valence-electron chi connectivity index (χ4n) is 2.31. The molecule has 15 heavy (non-hydrogen) atoms. The third kappa shape index (κ3) is 2.38. The monoisotopic (exact) mass is 209 g/mol. The van der Waals surface area contributed by atoms with Crippen molar-refractivity contribution in [3.63, 3.8) is 0 Å². The molecule has 1 saturated heterocycles. The number of ether oxygens (including phenoxy) is 1. The Hall–Kier alpha value is -0.870. The van der Waals surface area contributed by atoms with E-state index in [1.165, 1.54) is 5.69 Å². The third-order valence-corrected chi connectivity index (χ3v) is 3.06. The Bertz CT molecular complexity index is 315. The molecule has 1 fully saturated rings. The molecule has 0 aromatic carbocycles. The highest BCUT2D eigenvalue weighted by Crippen LogP contribution is 2.31. The molecule has 1 aromatic heterocycles. The van der Waals surface area contributed by atoms with Crippen molar-refractivity contribution in [2.24, 2.45) is 12.5 Å². The van der Waals surface area contributed by atoms with E-state index in [0.717, 1.165) is 32.6 Å². The summed E-state index contributed by atoms with van der Waals surface area (Å²) >= 11 is 0. The number of nitrogens with one attached hydrogen (secondary N) is 1. The SMILES string of the molecule is CNCC1(Cc2ccn(C)n2)CCOC1. The van der Waals surface area contributed by atoms with Gasteiger partial charge < -0.3 is 10.1 Å². The minimum atomic E-state index is 0.253. The summed E-state index contributed by atoms with van der Waals surface area (Å²) in [5.41, 5.74) is 1.42. The molecule has 1 aliphatic rings. The molecule has 4 heteroatoms. The van der Waals surface area contributed by atoms with Gasteiger partial charge in [0.25, 0.3) is 0 Å². The highest BCUT2D eigenvalue weighted by molar-refractivity contribution is 5.04. The van der Waals surface area contributed by atoms with Gasteiger partial charge in [0.2, 0.25) is 0 Å². The number of rotatable bonds is 4. The van der Waals surface area contributed by atoms with E-state index in [0.29, 0.717) is 0 Å². The molecule has 0 radical (unpaired) electrons. The molecule has 2 heterocycles. The van der Waals surface area contributed by atoms with Gasteiger partial charge in [-0.15, -0.1) is 0 Å². The predicted molar refractivity (Wildman–Crippen MR) is 58.7 cm³/mol. The molecule has 1 N–H and O–H groups in total. The third-order valence-electron chi connectivity index (χ3n) is 3.06. The van der Waals surface area contributed by atoms with E-state index >= 15 is 0 Å². The van der Waals surface area contributed by atoms with E-state index < -0.39 is 0 Å². The van der Waals surface area contributed by atoms with Gasteiger partial charge in [-0.25, -0.2) is 0 Å². The van der Waals surface area contributed by atoms with Crippen molar-refractivity contribution >= 4 is 0 Å². The normalized spacial score (nSPS) is 26.0. The van der Waals surface area contributed by atoms with Crippen LogP contribution < -0.4 is 5.32 Å². The Morgan fingerprint density at radius 1 is 1.67 bits per heavy atom. The molecule has 1 unspecified atom stereocenters. The van der Waals surface area contributed by atoms with Gasteiger partial charge in [0.15, 0.2) is 0 Å². The summed E-state index contributed by atoms with van der Waals surface area (Å²) in [5, 5.41) is 7.70. The summed E-state index contributed by atoms with van der Waals surface area (Å²) in [6.45, 7) is 2.74. The predicted octanol–water partition coefficient (Wildman–Crippen LogP) is 0.589. The van der Waals surface area contributed by atoms with Crippen LogP contribution in [0.1, 0.15) is 12.1 Å². The van der Waals surface area contributed by atoms with Crippen molar-refractivity contribution in [1.29, 1.82) is 0 Å². The molecule has 0 bridgehead atoms. The number of hydrogen-bond donors (Lipinski definition) is 1. The van der Waals surface area contributed by atoms with Crippen LogP contribution in [-0.4, -0.2) is 36.6 Å². The van der Waals surface area contributed by atoms with E-state index in [1.54, 1.807) is 0 Å².